The SMILES string of the molecule is CCOc1ccc(N2C(=O)C(N=Nc3ccc(OC)cc3)C(=O)N(c3ccccc3Cl)C2=S)cc1. The normalized spacial score (nSPS) is 16.2. The number of azo groups is 1. The van der Waals surface area contributed by atoms with Crippen molar-refractivity contribution in [3.8, 4) is 11.5 Å². The third-order valence-corrected chi connectivity index (χ3v) is 5.84. The molecule has 1 saturated heterocycles. The molecule has 8 nitrogen and oxygen atoms in total. The number of benzene rings is 3. The Labute approximate surface area is 212 Å². The van der Waals surface area contributed by atoms with E-state index in [1.165, 1.54) is 9.80 Å². The summed E-state index contributed by atoms with van der Waals surface area (Å²) in [5, 5.41) is 8.50. The van der Waals surface area contributed by atoms with Gasteiger partial charge in [-0.1, -0.05) is 23.7 Å². The molecule has 178 valence electrons. The number of thiocarbonyl (C=S) groups is 1. The van der Waals surface area contributed by atoms with Gasteiger partial charge in [0.25, 0.3) is 11.8 Å². The maximum absolute atomic E-state index is 13.5. The van der Waals surface area contributed by atoms with Crippen molar-refractivity contribution < 1.29 is 19.1 Å². The number of anilines is 2. The lowest BCUT2D eigenvalue weighted by atomic mass is 10.1. The lowest BCUT2D eigenvalue weighted by Gasteiger charge is -2.37. The van der Waals surface area contributed by atoms with E-state index in [9.17, 15) is 9.59 Å². The fourth-order valence-corrected chi connectivity index (χ4v) is 4.07. The first-order valence-electron chi connectivity index (χ1n) is 10.7. The zero-order valence-corrected chi connectivity index (χ0v) is 20.5. The molecule has 0 spiro atoms. The number of amides is 2. The Morgan fingerprint density at radius 1 is 0.914 bits per heavy atom. The molecule has 0 N–H and O–H groups in total. The van der Waals surface area contributed by atoms with E-state index < -0.39 is 17.9 Å². The van der Waals surface area contributed by atoms with Crippen LogP contribution in [0.4, 0.5) is 17.1 Å². The molecule has 4 rings (SSSR count). The molecule has 1 aliphatic rings. The zero-order valence-electron chi connectivity index (χ0n) is 18.9. The third kappa shape index (κ3) is 5.01. The van der Waals surface area contributed by atoms with Crippen LogP contribution in [-0.2, 0) is 9.59 Å². The number of carbonyl (C=O) groups excluding carboxylic acids is 2. The number of nitrogens with zero attached hydrogens (tertiary/aromatic N) is 4. The molecule has 3 aromatic carbocycles. The summed E-state index contributed by atoms with van der Waals surface area (Å²) in [6.07, 6.45) is 0. The topological polar surface area (TPSA) is 83.8 Å². The molecule has 2 amide bonds. The van der Waals surface area contributed by atoms with Gasteiger partial charge in [0.05, 0.1) is 35.8 Å². The van der Waals surface area contributed by atoms with Crippen LogP contribution >= 0.6 is 23.8 Å². The molecule has 35 heavy (non-hydrogen) atoms. The van der Waals surface area contributed by atoms with Crippen LogP contribution in [0.1, 0.15) is 6.92 Å². The van der Waals surface area contributed by atoms with Gasteiger partial charge < -0.3 is 9.47 Å². The van der Waals surface area contributed by atoms with Crippen molar-refractivity contribution >= 4 is 57.8 Å². The number of methoxy groups -OCH3 is 1. The average molecular weight is 509 g/mol. The van der Waals surface area contributed by atoms with Crippen LogP contribution in [0.5, 0.6) is 11.5 Å². The van der Waals surface area contributed by atoms with Gasteiger partial charge in [0.15, 0.2) is 5.11 Å². The minimum absolute atomic E-state index is 0.0341. The van der Waals surface area contributed by atoms with E-state index in [2.05, 4.69) is 10.2 Å². The summed E-state index contributed by atoms with van der Waals surface area (Å²) in [5.74, 6) is 0.0179. The van der Waals surface area contributed by atoms with Crippen molar-refractivity contribution in [1.29, 1.82) is 0 Å². The Hall–Kier alpha value is -3.82. The Balaban J connectivity index is 1.75. The average Bonchev–Trinajstić information content (AvgIpc) is 2.86. The van der Waals surface area contributed by atoms with Crippen molar-refractivity contribution in [3.05, 3.63) is 77.8 Å². The van der Waals surface area contributed by atoms with Gasteiger partial charge in [0.2, 0.25) is 6.04 Å². The first-order valence-corrected chi connectivity index (χ1v) is 11.5. The van der Waals surface area contributed by atoms with E-state index in [0.717, 1.165) is 0 Å². The maximum Gasteiger partial charge on any atom is 0.269 e. The standard InChI is InChI=1S/C25H21ClN4O4S/c1-3-34-19-14-10-17(11-15-19)29-23(31)22(28-27-16-8-12-18(33-2)13-9-16)24(32)30(25(29)35)21-7-5-4-6-20(21)26/h4-15,22H,3H2,1-2H3. The molecule has 1 heterocycles. The highest BCUT2D eigenvalue weighted by molar-refractivity contribution is 7.81. The largest absolute Gasteiger partial charge is 0.497 e. The summed E-state index contributed by atoms with van der Waals surface area (Å²) in [6, 6.07) is 18.8. The molecule has 3 aromatic rings. The van der Waals surface area contributed by atoms with Gasteiger partial charge in [-0.05, 0) is 79.8 Å². The van der Waals surface area contributed by atoms with Gasteiger partial charge in [-0.15, -0.1) is 0 Å². The molecular formula is C25H21ClN4O4S. The van der Waals surface area contributed by atoms with E-state index in [0.29, 0.717) is 40.2 Å². The number of hydrogen-bond acceptors (Lipinski definition) is 7. The van der Waals surface area contributed by atoms with Crippen LogP contribution in [0, 0.1) is 0 Å². The van der Waals surface area contributed by atoms with Gasteiger partial charge >= 0.3 is 0 Å². The molecule has 0 aliphatic carbocycles. The number of hydrogen-bond donors (Lipinski definition) is 0. The van der Waals surface area contributed by atoms with Crippen molar-refractivity contribution in [2.45, 2.75) is 13.0 Å². The Morgan fingerprint density at radius 2 is 1.54 bits per heavy atom. The van der Waals surface area contributed by atoms with Gasteiger partial charge in [0.1, 0.15) is 11.5 Å². The number of halogens is 1. The minimum Gasteiger partial charge on any atom is -0.497 e. The summed E-state index contributed by atoms with van der Waals surface area (Å²) >= 11 is 12.0. The third-order valence-electron chi connectivity index (χ3n) is 5.15. The highest BCUT2D eigenvalue weighted by Crippen LogP contribution is 2.33. The molecular weight excluding hydrogens is 488 g/mol. The Kier molecular flexibility index (Phi) is 7.38. The molecule has 1 aliphatic heterocycles. The van der Waals surface area contributed by atoms with Gasteiger partial charge in [-0.3, -0.25) is 19.4 Å². The molecule has 10 heteroatoms. The van der Waals surface area contributed by atoms with Crippen molar-refractivity contribution in [2.75, 3.05) is 23.5 Å². The lowest BCUT2D eigenvalue weighted by Crippen LogP contribution is -2.62. The van der Waals surface area contributed by atoms with E-state index in [4.69, 9.17) is 33.3 Å². The quantitative estimate of drug-likeness (QED) is 0.237. The predicted molar refractivity (Wildman–Crippen MR) is 138 cm³/mol. The summed E-state index contributed by atoms with van der Waals surface area (Å²) in [4.78, 5) is 29.4. The number of ether oxygens (including phenoxy) is 2. The van der Waals surface area contributed by atoms with Crippen LogP contribution in [0.2, 0.25) is 5.02 Å². The van der Waals surface area contributed by atoms with Crippen molar-refractivity contribution in [2.24, 2.45) is 10.2 Å². The number of rotatable bonds is 7. The fraction of sp³-hybridized carbons (Fsp3) is 0.160. The molecule has 1 unspecified atom stereocenters. The van der Waals surface area contributed by atoms with E-state index >= 15 is 0 Å². The second kappa shape index (κ2) is 10.6. The van der Waals surface area contributed by atoms with Gasteiger partial charge in [0, 0.05) is 0 Å². The predicted octanol–water partition coefficient (Wildman–Crippen LogP) is 5.56. The van der Waals surface area contributed by atoms with Crippen LogP contribution in [0.3, 0.4) is 0 Å². The summed E-state index contributed by atoms with van der Waals surface area (Å²) in [7, 11) is 1.55. The monoisotopic (exact) mass is 508 g/mol. The van der Waals surface area contributed by atoms with Crippen LogP contribution in [-0.4, -0.2) is 36.7 Å². The fourth-order valence-electron chi connectivity index (χ4n) is 3.46. The highest BCUT2D eigenvalue weighted by atomic mass is 35.5. The van der Waals surface area contributed by atoms with Crippen LogP contribution in [0.25, 0.3) is 0 Å². The van der Waals surface area contributed by atoms with Crippen LogP contribution in [0.15, 0.2) is 83.0 Å². The molecule has 0 saturated carbocycles. The zero-order chi connectivity index (χ0) is 24.9. The van der Waals surface area contributed by atoms with Crippen molar-refractivity contribution in [1.82, 2.24) is 0 Å². The minimum atomic E-state index is -1.47. The van der Waals surface area contributed by atoms with Gasteiger partial charge in [-0.2, -0.15) is 10.2 Å². The van der Waals surface area contributed by atoms with Crippen LogP contribution < -0.4 is 19.3 Å². The highest BCUT2D eigenvalue weighted by Gasteiger charge is 2.46. The maximum atomic E-state index is 13.5. The second-order valence-corrected chi connectivity index (χ2v) is 8.10. The molecule has 0 radical (unpaired) electrons. The van der Waals surface area contributed by atoms with E-state index in [1.807, 2.05) is 6.92 Å². The second-order valence-electron chi connectivity index (χ2n) is 7.32. The first kappa shape index (κ1) is 24.3. The van der Waals surface area contributed by atoms with E-state index in [1.54, 1.807) is 79.9 Å². The number of para-hydroxylation sites is 1. The Morgan fingerprint density at radius 3 is 2.17 bits per heavy atom. The Bertz CT molecular complexity index is 1280. The lowest BCUT2D eigenvalue weighted by molar-refractivity contribution is -0.128. The smallest absolute Gasteiger partial charge is 0.269 e. The first-order chi connectivity index (χ1) is 16.9. The number of carbonyl (C=O) groups is 2. The summed E-state index contributed by atoms with van der Waals surface area (Å²) in [5.41, 5.74) is 1.26. The molecule has 1 atom stereocenters. The summed E-state index contributed by atoms with van der Waals surface area (Å²) in [6.45, 7) is 2.38. The van der Waals surface area contributed by atoms with Gasteiger partial charge in [-0.25, -0.2) is 0 Å². The molecule has 0 bridgehead atoms. The van der Waals surface area contributed by atoms with E-state index in [-0.39, 0.29) is 5.11 Å². The molecule has 1 fully saturated rings. The summed E-state index contributed by atoms with van der Waals surface area (Å²) < 4.78 is 10.6. The molecule has 0 aromatic heterocycles. The van der Waals surface area contributed by atoms with Crippen molar-refractivity contribution in [3.63, 3.8) is 0 Å².